The highest BCUT2D eigenvalue weighted by Crippen LogP contribution is 2.40. The number of nitrogens with one attached hydrogen (secondary N) is 2. The van der Waals surface area contributed by atoms with Crippen LogP contribution in [0.1, 0.15) is 13.8 Å². The van der Waals surface area contributed by atoms with Crippen molar-refractivity contribution in [1.82, 2.24) is 10.6 Å². The quantitative estimate of drug-likeness (QED) is 0.0318. The molecule has 0 aromatic rings. The minimum absolute atomic E-state index is 0.811. The monoisotopic (exact) mass is 1720 g/mol. The summed E-state index contributed by atoms with van der Waals surface area (Å²) in [5.74, 6) is -1.79. The molecule has 0 bridgehead atoms. The molecule has 10 aliphatic rings. The molecule has 10 heterocycles. The first-order valence-corrected chi connectivity index (χ1v) is 37.2. The third kappa shape index (κ3) is 20.9. The number of ether oxygens (including phenoxy) is 19. The second-order valence-corrected chi connectivity index (χ2v) is 29.6. The molecule has 0 saturated carbocycles. The zero-order chi connectivity index (χ0) is 85.9. The van der Waals surface area contributed by atoms with Crippen LogP contribution >= 0.6 is 0 Å². The predicted molar refractivity (Wildman–Crippen MR) is 353 cm³/mol. The fourth-order valence-corrected chi connectivity index (χ4v) is 14.9. The molecule has 53 heteroatoms. The maximum atomic E-state index is 13.1. The van der Waals surface area contributed by atoms with Crippen molar-refractivity contribution in [2.24, 2.45) is 0 Å². The highest BCUT2D eigenvalue weighted by Gasteiger charge is 2.61. The van der Waals surface area contributed by atoms with Crippen LogP contribution in [0, 0.1) is 0 Å². The molecule has 2 amide bonds. The fraction of sp³-hybridized carbons (Fsp3) is 0.969. The summed E-state index contributed by atoms with van der Waals surface area (Å²) in [6.45, 7) is -9.08. The van der Waals surface area contributed by atoms with E-state index < -0.39 is 385 Å². The van der Waals surface area contributed by atoms with Crippen LogP contribution in [0.25, 0.3) is 0 Å². The zero-order valence-electron chi connectivity index (χ0n) is 61.9. The maximum Gasteiger partial charge on any atom is 0.217 e. The van der Waals surface area contributed by atoms with Crippen LogP contribution in [0.4, 0.5) is 0 Å². The third-order valence-corrected chi connectivity index (χ3v) is 21.6. The van der Waals surface area contributed by atoms with Crippen LogP contribution in [0.2, 0.25) is 0 Å². The van der Waals surface area contributed by atoms with Gasteiger partial charge in [-0.3, -0.25) is 9.59 Å². The molecule has 117 heavy (non-hydrogen) atoms. The normalized spacial score (nSPS) is 51.5. The van der Waals surface area contributed by atoms with Gasteiger partial charge in [0.15, 0.2) is 62.9 Å². The highest BCUT2D eigenvalue weighted by atomic mass is 16.8. The lowest BCUT2D eigenvalue weighted by Gasteiger charge is -2.51. The molecule has 0 aromatic carbocycles. The summed E-state index contributed by atoms with van der Waals surface area (Å²) >= 11 is 0. The molecular weight excluding hydrogens is 1610 g/mol. The van der Waals surface area contributed by atoms with E-state index in [-0.39, 0.29) is 0 Å². The van der Waals surface area contributed by atoms with Crippen LogP contribution < -0.4 is 10.6 Å². The average Bonchev–Trinajstić information content (AvgIpc) is 0.769. The SMILES string of the molecule is CC(=O)N[C@@H]1[C@@H](O)[C@H](O[C@@H]2O[C@H](CO)[C@@H](O[C@@H]3O[C@H](CO[C@H]4O[C@H](CO[C@H]5O[C@H](CO)[C@@H](O)[C@H](O)[C@@H]5O)[C@@H](O)[C@H](O[C@H]5O[C@H](CO)[C@@H](O)[C@H](O)[C@@H]5O)[C@@H]4O)[C@@H](O)[C@H](O[C@H]4O[C@H](CO[C@H]5O[C@H](CO)[C@@H](O)[C@H](O)[C@@H]5O)[C@@H](O)[C@H](O)[C@@H]4O[C@H]4O[C@H](CO)[C@@H](O)[C@H](O)[C@@H]4O[C@H]4O[C@H](CO)[C@@H](O)[C@H](O)[C@@H]4O)[C@@H]3O)[C@H](O)[C@H]2NC(C)=O)[C@@H](CO)O[C@H]1O. The fourth-order valence-electron chi connectivity index (χ4n) is 14.9. The zero-order valence-corrected chi connectivity index (χ0v) is 61.9. The Morgan fingerprint density at radius 2 is 0.462 bits per heavy atom. The maximum absolute atomic E-state index is 13.1. The van der Waals surface area contributed by atoms with E-state index in [9.17, 15) is 163 Å². The van der Waals surface area contributed by atoms with Crippen LogP contribution in [-0.4, -0.2) is 538 Å². The Hall–Kier alpha value is -3.02. The lowest BCUT2D eigenvalue weighted by Crippen LogP contribution is -2.70. The van der Waals surface area contributed by atoms with Gasteiger partial charge in [0.1, 0.15) is 244 Å². The van der Waals surface area contributed by atoms with Gasteiger partial charge in [-0.15, -0.1) is 0 Å². The van der Waals surface area contributed by atoms with Crippen molar-refractivity contribution >= 4 is 11.8 Å². The van der Waals surface area contributed by atoms with E-state index in [0.29, 0.717) is 0 Å². The van der Waals surface area contributed by atoms with Crippen LogP contribution in [0.3, 0.4) is 0 Å². The Morgan fingerprint density at radius 3 is 0.863 bits per heavy atom. The summed E-state index contributed by atoms with van der Waals surface area (Å²) in [4.78, 5) is 25.3. The molecule has 0 radical (unpaired) electrons. The van der Waals surface area contributed by atoms with Crippen LogP contribution in [0.15, 0.2) is 0 Å². The molecule has 10 rings (SSSR count). The number of rotatable bonds is 30. The molecule has 53 nitrogen and oxygen atoms in total. The Labute approximate surface area is 660 Å². The molecule has 0 aliphatic carbocycles. The second-order valence-electron chi connectivity index (χ2n) is 29.6. The molecule has 0 aromatic heterocycles. The van der Waals surface area contributed by atoms with Gasteiger partial charge in [0, 0.05) is 13.8 Å². The number of aliphatic hydroxyl groups excluding tert-OH is 30. The molecule has 50 atom stereocenters. The molecule has 10 fully saturated rings. The summed E-state index contributed by atoms with van der Waals surface area (Å²) in [5.41, 5.74) is 0. The number of hydrogen-bond donors (Lipinski definition) is 32. The van der Waals surface area contributed by atoms with Crippen molar-refractivity contribution in [1.29, 1.82) is 0 Å². The van der Waals surface area contributed by atoms with Gasteiger partial charge in [-0.2, -0.15) is 0 Å². The highest BCUT2D eigenvalue weighted by molar-refractivity contribution is 5.73. The standard InChI is InChI=1S/C64H108N2O51/c1-13(74)65-25-35(84)49(20(8-72)102-55(25)98)112-56-26(66-14(2)75)36(85)50(21(9-73)108-56)113-62-48(97)52(34(83)24(110-62)12-101-59-47(96)51(114-60-45(94)39(88)29(78)17(5-69)105-60)33(82)23(109-59)11-100-58-44(93)38(87)28(77)16(4-68)104-58)115-64-54(42(91)32(81)22(111-64)10-99-57-43(92)37(86)27(76)15(3-67)103-57)117-63-53(41(90)31(80)19(7-71)107-63)116-61-46(95)40(89)30(79)18(6-70)106-61/h15-64,67-73,76-98H,3-12H2,1-2H3,(H,65,74)(H,66,75)/t15-,16-,17-,18-,19-,20-,21-,22-,23-,24-,25-,26-,27-,28-,29-,30-,31-,32-,33-,34-,35-,36-,37+,38+,39+,40+,41+,42+,43+,44+,45+,46+,47+,48+,49-,50-,51+,52+,53+,54+,55-,56+,57+,58+,59+,60-,61-,62+,63-,64-/m1/s1. The van der Waals surface area contributed by atoms with Gasteiger partial charge in [0.05, 0.1) is 66.1 Å². The molecule has 0 spiro atoms. The molecular formula is C64H108N2O51. The van der Waals surface area contributed by atoms with E-state index >= 15 is 0 Å². The van der Waals surface area contributed by atoms with Gasteiger partial charge < -0.3 is 254 Å². The van der Waals surface area contributed by atoms with Gasteiger partial charge in [-0.05, 0) is 0 Å². The van der Waals surface area contributed by atoms with Crippen molar-refractivity contribution in [3.05, 3.63) is 0 Å². The lowest BCUT2D eigenvalue weighted by atomic mass is 9.94. The van der Waals surface area contributed by atoms with Crippen molar-refractivity contribution in [2.45, 2.75) is 321 Å². The lowest BCUT2D eigenvalue weighted by molar-refractivity contribution is -0.409. The summed E-state index contributed by atoms with van der Waals surface area (Å²) in [6, 6.07) is -3.67. The molecule has 32 N–H and O–H groups in total. The van der Waals surface area contributed by atoms with Crippen LogP contribution in [0.5, 0.6) is 0 Å². The van der Waals surface area contributed by atoms with E-state index in [1.54, 1.807) is 0 Å². The topological polar surface area (TPSA) is 840 Å². The van der Waals surface area contributed by atoms with Gasteiger partial charge in [0.2, 0.25) is 11.8 Å². The number of aliphatic hydroxyl groups is 30. The Balaban J connectivity index is 1.02. The van der Waals surface area contributed by atoms with Crippen molar-refractivity contribution in [3.8, 4) is 0 Å². The summed E-state index contributed by atoms with van der Waals surface area (Å²) in [6.07, 6.45) is -104. The molecule has 10 saturated heterocycles. The van der Waals surface area contributed by atoms with Crippen LogP contribution in [-0.2, 0) is 99.6 Å². The summed E-state index contributed by atoms with van der Waals surface area (Å²) in [7, 11) is 0. The number of carbonyl (C=O) groups is 2. The van der Waals surface area contributed by atoms with Crippen molar-refractivity contribution in [3.63, 3.8) is 0 Å². The third-order valence-electron chi connectivity index (χ3n) is 21.6. The molecule has 680 valence electrons. The summed E-state index contributed by atoms with van der Waals surface area (Å²) in [5, 5.41) is 337. The summed E-state index contributed by atoms with van der Waals surface area (Å²) < 4.78 is 111. The van der Waals surface area contributed by atoms with Gasteiger partial charge >= 0.3 is 0 Å². The first-order valence-electron chi connectivity index (χ1n) is 37.2. The first kappa shape index (κ1) is 96.2. The smallest absolute Gasteiger partial charge is 0.217 e. The van der Waals surface area contributed by atoms with Gasteiger partial charge in [-0.25, -0.2) is 0 Å². The second kappa shape index (κ2) is 41.9. The van der Waals surface area contributed by atoms with Gasteiger partial charge in [-0.1, -0.05) is 0 Å². The molecule has 10 aliphatic heterocycles. The van der Waals surface area contributed by atoms with E-state index in [1.165, 1.54) is 0 Å². The van der Waals surface area contributed by atoms with E-state index in [2.05, 4.69) is 10.6 Å². The van der Waals surface area contributed by atoms with E-state index in [0.717, 1.165) is 13.8 Å². The Bertz CT molecular complexity index is 3040. The molecule has 0 unspecified atom stereocenters. The van der Waals surface area contributed by atoms with Gasteiger partial charge in [0.25, 0.3) is 0 Å². The van der Waals surface area contributed by atoms with Crippen molar-refractivity contribution < 1.29 is 253 Å². The predicted octanol–water partition coefficient (Wildman–Crippen LogP) is -22.5. The largest absolute Gasteiger partial charge is 0.394 e. The Morgan fingerprint density at radius 1 is 0.222 bits per heavy atom. The minimum Gasteiger partial charge on any atom is -0.394 e. The first-order chi connectivity index (χ1) is 55.4. The number of hydrogen-bond acceptors (Lipinski definition) is 51. The number of carbonyl (C=O) groups excluding carboxylic acids is 2. The average molecular weight is 1720 g/mol. The Kier molecular flexibility index (Phi) is 34.4. The minimum atomic E-state index is -2.69. The number of amides is 2. The van der Waals surface area contributed by atoms with E-state index in [1.807, 2.05) is 0 Å². The van der Waals surface area contributed by atoms with E-state index in [4.69, 9.17) is 90.0 Å². The van der Waals surface area contributed by atoms with Crippen molar-refractivity contribution in [2.75, 3.05) is 66.1 Å².